The number of carbonyl (C=O) groups is 2. The molecule has 0 aromatic carbocycles. The second kappa shape index (κ2) is 8.35. The molecule has 0 aliphatic heterocycles. The van der Waals surface area contributed by atoms with Crippen molar-refractivity contribution in [3.05, 3.63) is 21.9 Å². The standard InChI is InChI=1S/C14H17NO4S/c1-3-15(9-13(17)19-2)14(18)11-8-12(20-10-11)6-4-5-7-16/h8,10,16H,3,5,7,9H2,1-2H3. The second-order valence-electron chi connectivity index (χ2n) is 3.87. The summed E-state index contributed by atoms with van der Waals surface area (Å²) in [5, 5.41) is 10.4. The molecule has 5 nitrogen and oxygen atoms in total. The van der Waals surface area contributed by atoms with Gasteiger partial charge in [0.1, 0.15) is 6.54 Å². The molecule has 0 spiro atoms. The number of nitrogens with zero attached hydrogens (tertiary/aromatic N) is 1. The summed E-state index contributed by atoms with van der Waals surface area (Å²) in [5.41, 5.74) is 0.508. The van der Waals surface area contributed by atoms with Crippen molar-refractivity contribution in [1.29, 1.82) is 0 Å². The highest BCUT2D eigenvalue weighted by Gasteiger charge is 2.18. The van der Waals surface area contributed by atoms with Gasteiger partial charge in [-0.1, -0.05) is 11.8 Å². The maximum absolute atomic E-state index is 12.2. The molecular weight excluding hydrogens is 278 g/mol. The fourth-order valence-corrected chi connectivity index (χ4v) is 2.20. The molecule has 0 unspecified atom stereocenters. The van der Waals surface area contributed by atoms with Gasteiger partial charge >= 0.3 is 5.97 Å². The van der Waals surface area contributed by atoms with E-state index in [9.17, 15) is 9.59 Å². The molecule has 1 amide bonds. The fraction of sp³-hybridized carbons (Fsp3) is 0.429. The lowest BCUT2D eigenvalue weighted by atomic mass is 10.2. The number of likely N-dealkylation sites (N-methyl/N-ethyl adjacent to an activating group) is 1. The van der Waals surface area contributed by atoms with Gasteiger partial charge in [-0.2, -0.15) is 0 Å². The van der Waals surface area contributed by atoms with Crippen molar-refractivity contribution in [2.45, 2.75) is 13.3 Å². The molecule has 0 aliphatic rings. The van der Waals surface area contributed by atoms with E-state index in [-0.39, 0.29) is 19.1 Å². The number of amides is 1. The maximum atomic E-state index is 12.2. The van der Waals surface area contributed by atoms with Gasteiger partial charge in [-0.15, -0.1) is 11.3 Å². The summed E-state index contributed by atoms with van der Waals surface area (Å²) in [6, 6.07) is 1.69. The van der Waals surface area contributed by atoms with Gasteiger partial charge in [0.25, 0.3) is 5.91 Å². The van der Waals surface area contributed by atoms with Crippen LogP contribution in [0.2, 0.25) is 0 Å². The number of hydrogen-bond acceptors (Lipinski definition) is 5. The fourth-order valence-electron chi connectivity index (χ4n) is 1.45. The molecule has 0 bridgehead atoms. The average Bonchev–Trinajstić information content (AvgIpc) is 2.92. The molecule has 0 saturated heterocycles. The smallest absolute Gasteiger partial charge is 0.325 e. The van der Waals surface area contributed by atoms with Crippen LogP contribution in [0.25, 0.3) is 0 Å². The van der Waals surface area contributed by atoms with Crippen molar-refractivity contribution in [3.8, 4) is 11.8 Å². The minimum atomic E-state index is -0.446. The minimum Gasteiger partial charge on any atom is -0.468 e. The Balaban J connectivity index is 2.76. The number of methoxy groups -OCH3 is 1. The molecule has 1 N–H and O–H groups in total. The number of aliphatic hydroxyl groups excluding tert-OH is 1. The lowest BCUT2D eigenvalue weighted by molar-refractivity contribution is -0.141. The molecule has 20 heavy (non-hydrogen) atoms. The number of ether oxygens (including phenoxy) is 1. The largest absolute Gasteiger partial charge is 0.468 e. The van der Waals surface area contributed by atoms with Crippen molar-refractivity contribution in [3.63, 3.8) is 0 Å². The Morgan fingerprint density at radius 3 is 2.85 bits per heavy atom. The van der Waals surface area contributed by atoms with Gasteiger partial charge in [0.2, 0.25) is 0 Å². The van der Waals surface area contributed by atoms with E-state index in [1.807, 2.05) is 0 Å². The van der Waals surface area contributed by atoms with Gasteiger partial charge in [0.15, 0.2) is 0 Å². The second-order valence-corrected chi connectivity index (χ2v) is 4.78. The van der Waals surface area contributed by atoms with Gasteiger partial charge in [-0.05, 0) is 13.0 Å². The van der Waals surface area contributed by atoms with Crippen molar-refractivity contribution in [1.82, 2.24) is 4.90 Å². The first-order chi connectivity index (χ1) is 9.62. The summed E-state index contributed by atoms with van der Waals surface area (Å²) >= 11 is 1.36. The summed E-state index contributed by atoms with van der Waals surface area (Å²) in [5.74, 6) is 5.01. The van der Waals surface area contributed by atoms with Crippen LogP contribution in [0.5, 0.6) is 0 Å². The lowest BCUT2D eigenvalue weighted by Crippen LogP contribution is -2.35. The molecule has 1 rings (SSSR count). The quantitative estimate of drug-likeness (QED) is 0.653. The highest BCUT2D eigenvalue weighted by molar-refractivity contribution is 7.10. The van der Waals surface area contributed by atoms with E-state index < -0.39 is 5.97 Å². The summed E-state index contributed by atoms with van der Waals surface area (Å²) in [7, 11) is 1.29. The number of carbonyl (C=O) groups excluding carboxylic acids is 2. The number of esters is 1. The van der Waals surface area contributed by atoms with Crippen LogP contribution in [-0.2, 0) is 9.53 Å². The summed E-state index contributed by atoms with van der Waals surface area (Å²) in [6.07, 6.45) is 0.407. The van der Waals surface area contributed by atoms with Crippen LogP contribution in [0.1, 0.15) is 28.6 Å². The van der Waals surface area contributed by atoms with Crippen LogP contribution in [0.15, 0.2) is 11.4 Å². The predicted octanol–water partition coefficient (Wildman–Crippen LogP) is 1.12. The minimum absolute atomic E-state index is 0.0207. The van der Waals surface area contributed by atoms with Crippen molar-refractivity contribution in [2.24, 2.45) is 0 Å². The van der Waals surface area contributed by atoms with E-state index in [4.69, 9.17) is 5.11 Å². The van der Waals surface area contributed by atoms with Gasteiger partial charge < -0.3 is 14.7 Å². The van der Waals surface area contributed by atoms with Gasteiger partial charge in [0.05, 0.1) is 24.2 Å². The van der Waals surface area contributed by atoms with Gasteiger partial charge in [-0.3, -0.25) is 9.59 Å². The maximum Gasteiger partial charge on any atom is 0.325 e. The molecule has 0 aliphatic carbocycles. The van der Waals surface area contributed by atoms with Gasteiger partial charge in [-0.25, -0.2) is 0 Å². The summed E-state index contributed by atoms with van der Waals surface area (Å²) in [4.78, 5) is 25.6. The zero-order valence-electron chi connectivity index (χ0n) is 11.5. The first kappa shape index (κ1) is 16.2. The summed E-state index contributed by atoms with van der Waals surface area (Å²) in [6.45, 7) is 2.19. The Bertz CT molecular complexity index is 527. The molecular formula is C14H17NO4S. The molecule has 6 heteroatoms. The Labute approximate surface area is 122 Å². The topological polar surface area (TPSA) is 66.8 Å². The molecule has 0 fully saturated rings. The zero-order valence-corrected chi connectivity index (χ0v) is 12.3. The Morgan fingerprint density at radius 1 is 1.50 bits per heavy atom. The van der Waals surface area contributed by atoms with Crippen molar-refractivity contribution in [2.75, 3.05) is 26.8 Å². The van der Waals surface area contributed by atoms with E-state index in [2.05, 4.69) is 16.6 Å². The highest BCUT2D eigenvalue weighted by Crippen LogP contribution is 2.15. The predicted molar refractivity (Wildman–Crippen MR) is 76.5 cm³/mol. The van der Waals surface area contributed by atoms with Crippen molar-refractivity contribution >= 4 is 23.2 Å². The molecule has 0 saturated carbocycles. The highest BCUT2D eigenvalue weighted by atomic mass is 32.1. The van der Waals surface area contributed by atoms with Crippen LogP contribution in [0.3, 0.4) is 0 Å². The third-order valence-corrected chi connectivity index (χ3v) is 3.36. The number of hydrogen-bond donors (Lipinski definition) is 1. The zero-order chi connectivity index (χ0) is 15.0. The average molecular weight is 295 g/mol. The Hall–Kier alpha value is -1.84. The van der Waals surface area contributed by atoms with Crippen LogP contribution >= 0.6 is 11.3 Å². The van der Waals surface area contributed by atoms with Crippen LogP contribution in [0, 0.1) is 11.8 Å². The molecule has 0 radical (unpaired) electrons. The number of rotatable bonds is 5. The van der Waals surface area contributed by atoms with Crippen molar-refractivity contribution < 1.29 is 19.4 Å². The van der Waals surface area contributed by atoms with Crippen LogP contribution in [-0.4, -0.2) is 48.7 Å². The summed E-state index contributed by atoms with van der Waals surface area (Å²) < 4.78 is 4.56. The third kappa shape index (κ3) is 4.68. The number of aliphatic hydroxyl groups is 1. The SMILES string of the molecule is CCN(CC(=O)OC)C(=O)c1csc(C#CCCO)c1. The van der Waals surface area contributed by atoms with Gasteiger partial charge in [0, 0.05) is 18.3 Å². The van der Waals surface area contributed by atoms with E-state index in [1.54, 1.807) is 18.4 Å². The first-order valence-electron chi connectivity index (χ1n) is 6.16. The molecule has 1 aromatic rings. The van der Waals surface area contributed by atoms with E-state index in [0.29, 0.717) is 18.5 Å². The Morgan fingerprint density at radius 2 is 2.25 bits per heavy atom. The van der Waals surface area contributed by atoms with E-state index in [1.165, 1.54) is 23.3 Å². The Kier molecular flexibility index (Phi) is 6.77. The number of thiophene rings is 1. The molecule has 1 heterocycles. The normalized spacial score (nSPS) is 9.55. The monoisotopic (exact) mass is 295 g/mol. The first-order valence-corrected chi connectivity index (χ1v) is 7.04. The van der Waals surface area contributed by atoms with E-state index in [0.717, 1.165) is 4.88 Å². The molecule has 1 aromatic heterocycles. The molecule has 0 atom stereocenters. The van der Waals surface area contributed by atoms with E-state index >= 15 is 0 Å². The lowest BCUT2D eigenvalue weighted by Gasteiger charge is -2.18. The van der Waals surface area contributed by atoms with Crippen LogP contribution < -0.4 is 0 Å². The third-order valence-electron chi connectivity index (χ3n) is 2.51. The molecule has 108 valence electrons. The van der Waals surface area contributed by atoms with Crippen LogP contribution in [0.4, 0.5) is 0 Å².